The largest absolute Gasteiger partial charge is 0.466 e. The molecule has 5 aliphatic rings. The molecule has 0 aromatic heterocycles. The molecule has 7 nitrogen and oxygen atoms in total. The van der Waals surface area contributed by atoms with Gasteiger partial charge >= 0.3 is 11.9 Å². The van der Waals surface area contributed by atoms with Gasteiger partial charge in [0.1, 0.15) is 17.2 Å². The number of esters is 2. The molecule has 5 unspecified atom stereocenters. The van der Waals surface area contributed by atoms with Crippen LogP contribution in [0.15, 0.2) is 35.9 Å². The number of nitrogens with zero attached hydrogens (tertiary/aromatic N) is 2. The SMILES string of the molecule is CC=C(C(=O)OC)C1CC2OC(=O)C1(CO)C13CCN(C)C21N(C)c1ccccc13. The number of fused-ring (bicyclic) bond motifs is 3. The van der Waals surface area contributed by atoms with E-state index in [9.17, 15) is 14.7 Å². The third kappa shape index (κ3) is 1.70. The molecule has 6 rings (SSSR count). The predicted molar refractivity (Wildman–Crippen MR) is 110 cm³/mol. The summed E-state index contributed by atoms with van der Waals surface area (Å²) < 4.78 is 11.1. The predicted octanol–water partition coefficient (Wildman–Crippen LogP) is 1.45. The lowest BCUT2D eigenvalue weighted by molar-refractivity contribution is -0.241. The van der Waals surface area contributed by atoms with E-state index >= 15 is 0 Å². The summed E-state index contributed by atoms with van der Waals surface area (Å²) in [7, 11) is 5.46. The Balaban J connectivity index is 1.86. The number of hydrogen-bond donors (Lipinski definition) is 1. The first-order valence-corrected chi connectivity index (χ1v) is 10.5. The summed E-state index contributed by atoms with van der Waals surface area (Å²) in [5.74, 6) is -1.35. The summed E-state index contributed by atoms with van der Waals surface area (Å²) in [6.45, 7) is 2.16. The van der Waals surface area contributed by atoms with Crippen LogP contribution >= 0.6 is 0 Å². The van der Waals surface area contributed by atoms with E-state index in [1.165, 1.54) is 7.11 Å². The average Bonchev–Trinajstić information content (AvgIpc) is 3.21. The molecule has 30 heavy (non-hydrogen) atoms. The summed E-state index contributed by atoms with van der Waals surface area (Å²) in [4.78, 5) is 30.9. The number of rotatable bonds is 3. The van der Waals surface area contributed by atoms with Gasteiger partial charge in [0, 0.05) is 30.8 Å². The van der Waals surface area contributed by atoms with Crippen LogP contribution in [-0.2, 0) is 24.5 Å². The molecular weight excluding hydrogens is 384 g/mol. The molecule has 1 aromatic carbocycles. The van der Waals surface area contributed by atoms with Crippen molar-refractivity contribution in [2.75, 3.05) is 39.3 Å². The summed E-state index contributed by atoms with van der Waals surface area (Å²) in [6, 6.07) is 8.12. The second-order valence-electron chi connectivity index (χ2n) is 8.93. The molecule has 160 valence electrons. The van der Waals surface area contributed by atoms with Gasteiger partial charge in [-0.25, -0.2) is 4.79 Å². The van der Waals surface area contributed by atoms with Crippen LogP contribution in [0.3, 0.4) is 0 Å². The number of benzene rings is 1. The molecular formula is C23H28N2O5. The molecule has 1 aliphatic carbocycles. The van der Waals surface area contributed by atoms with Crippen molar-refractivity contribution < 1.29 is 24.2 Å². The van der Waals surface area contributed by atoms with Crippen LogP contribution in [0.4, 0.5) is 5.69 Å². The zero-order chi connectivity index (χ0) is 21.5. The molecule has 5 atom stereocenters. The van der Waals surface area contributed by atoms with E-state index in [-0.39, 0.29) is 0 Å². The van der Waals surface area contributed by atoms with Gasteiger partial charge < -0.3 is 19.5 Å². The third-order valence-electron chi connectivity index (χ3n) is 8.49. The van der Waals surface area contributed by atoms with E-state index in [1.54, 1.807) is 13.0 Å². The van der Waals surface area contributed by atoms with Gasteiger partial charge in [-0.3, -0.25) is 9.69 Å². The Morgan fingerprint density at radius 3 is 2.77 bits per heavy atom. The monoisotopic (exact) mass is 412 g/mol. The van der Waals surface area contributed by atoms with Gasteiger partial charge in [-0.1, -0.05) is 24.3 Å². The molecule has 1 N–H and O–H groups in total. The fourth-order valence-electron chi connectivity index (χ4n) is 7.57. The second-order valence-corrected chi connectivity index (χ2v) is 8.93. The zero-order valence-electron chi connectivity index (χ0n) is 17.8. The van der Waals surface area contributed by atoms with Crippen molar-refractivity contribution in [2.24, 2.45) is 11.3 Å². The van der Waals surface area contributed by atoms with Crippen molar-refractivity contribution in [1.29, 1.82) is 0 Å². The number of allylic oxidation sites excluding steroid dienone is 1. The Morgan fingerprint density at radius 1 is 1.37 bits per heavy atom. The van der Waals surface area contributed by atoms with Crippen molar-refractivity contribution in [3.05, 3.63) is 41.5 Å². The number of anilines is 1. The number of carbonyl (C=O) groups is 2. The van der Waals surface area contributed by atoms with Crippen LogP contribution in [0.25, 0.3) is 0 Å². The maximum absolute atomic E-state index is 13.7. The molecule has 1 saturated carbocycles. The summed E-state index contributed by atoms with van der Waals surface area (Å²) >= 11 is 0. The summed E-state index contributed by atoms with van der Waals surface area (Å²) in [5.41, 5.74) is -0.0244. The van der Waals surface area contributed by atoms with Gasteiger partial charge in [0.2, 0.25) is 0 Å². The standard InChI is InChI=1S/C23H28N2O5/c1-5-14(19(27)29-4)16-12-18-23-22(10-11-24(23)2,21(16,13-26)20(28)30-18)15-8-6-7-9-17(15)25(23)3/h5-9,16,18,26H,10-13H2,1-4H3. The minimum Gasteiger partial charge on any atom is -0.466 e. The highest BCUT2D eigenvalue weighted by Gasteiger charge is 2.86. The lowest BCUT2D eigenvalue weighted by atomic mass is 9.43. The number of methoxy groups -OCH3 is 1. The highest BCUT2D eigenvalue weighted by Crippen LogP contribution is 2.74. The molecule has 7 heteroatoms. The van der Waals surface area contributed by atoms with E-state index in [1.807, 2.05) is 19.2 Å². The topological polar surface area (TPSA) is 79.3 Å². The molecule has 1 aromatic rings. The van der Waals surface area contributed by atoms with Gasteiger partial charge in [-0.05, 0) is 38.4 Å². The van der Waals surface area contributed by atoms with E-state index in [0.717, 1.165) is 17.8 Å². The first kappa shape index (κ1) is 19.6. The number of likely N-dealkylation sites (tertiary alicyclic amines) is 1. The molecule has 0 radical (unpaired) electrons. The van der Waals surface area contributed by atoms with Crippen LogP contribution in [0.2, 0.25) is 0 Å². The van der Waals surface area contributed by atoms with Crippen LogP contribution in [-0.4, -0.2) is 68.1 Å². The Morgan fingerprint density at radius 2 is 2.10 bits per heavy atom. The molecule has 4 fully saturated rings. The molecule has 3 saturated heterocycles. The molecule has 0 amide bonds. The quantitative estimate of drug-likeness (QED) is 0.595. The Kier molecular flexibility index (Phi) is 3.97. The first-order chi connectivity index (χ1) is 14.4. The van der Waals surface area contributed by atoms with Crippen molar-refractivity contribution in [3.8, 4) is 0 Å². The van der Waals surface area contributed by atoms with Gasteiger partial charge in [0.15, 0.2) is 0 Å². The fourth-order valence-corrected chi connectivity index (χ4v) is 7.57. The Bertz CT molecular complexity index is 976. The number of aliphatic hydroxyl groups excluding tert-OH is 1. The van der Waals surface area contributed by atoms with Crippen LogP contribution < -0.4 is 4.90 Å². The smallest absolute Gasteiger partial charge is 0.333 e. The van der Waals surface area contributed by atoms with Crippen molar-refractivity contribution in [1.82, 2.24) is 4.90 Å². The number of aliphatic hydroxyl groups is 1. The van der Waals surface area contributed by atoms with Gasteiger partial charge in [-0.2, -0.15) is 0 Å². The average molecular weight is 412 g/mol. The Labute approximate surface area is 176 Å². The van der Waals surface area contributed by atoms with Crippen LogP contribution in [0, 0.1) is 11.3 Å². The van der Waals surface area contributed by atoms with Gasteiger partial charge in [0.25, 0.3) is 0 Å². The summed E-state index contributed by atoms with van der Waals surface area (Å²) in [6.07, 6.45) is 2.45. The molecule has 0 spiro atoms. The van der Waals surface area contributed by atoms with Crippen LogP contribution in [0.1, 0.15) is 25.3 Å². The number of likely N-dealkylation sites (N-methyl/N-ethyl adjacent to an activating group) is 2. The van der Waals surface area contributed by atoms with Crippen molar-refractivity contribution in [2.45, 2.75) is 36.9 Å². The van der Waals surface area contributed by atoms with Crippen molar-refractivity contribution >= 4 is 17.6 Å². The van der Waals surface area contributed by atoms with E-state index in [2.05, 4.69) is 29.0 Å². The van der Waals surface area contributed by atoms with Crippen LogP contribution in [0.5, 0.6) is 0 Å². The second kappa shape index (κ2) is 6.08. The fraction of sp³-hybridized carbons (Fsp3) is 0.565. The minimum atomic E-state index is -1.27. The Hall–Kier alpha value is -2.38. The third-order valence-corrected chi connectivity index (χ3v) is 8.49. The normalized spacial score (nSPS) is 39.4. The molecule has 4 aliphatic heterocycles. The summed E-state index contributed by atoms with van der Waals surface area (Å²) in [5, 5.41) is 11.0. The first-order valence-electron chi connectivity index (χ1n) is 10.5. The molecule has 4 heterocycles. The van der Waals surface area contributed by atoms with E-state index in [4.69, 9.17) is 9.47 Å². The number of ether oxygens (including phenoxy) is 2. The maximum Gasteiger partial charge on any atom is 0.333 e. The van der Waals surface area contributed by atoms with Gasteiger partial charge in [-0.15, -0.1) is 0 Å². The lowest BCUT2D eigenvalue weighted by Crippen LogP contribution is -2.83. The highest BCUT2D eigenvalue weighted by atomic mass is 16.6. The minimum absolute atomic E-state index is 0.394. The van der Waals surface area contributed by atoms with Gasteiger partial charge in [0.05, 0.1) is 19.1 Å². The van der Waals surface area contributed by atoms with E-state index in [0.29, 0.717) is 18.4 Å². The highest BCUT2D eigenvalue weighted by molar-refractivity contribution is 5.94. The molecule has 2 bridgehead atoms. The van der Waals surface area contributed by atoms with Crippen molar-refractivity contribution in [3.63, 3.8) is 0 Å². The van der Waals surface area contributed by atoms with E-state index < -0.39 is 47.1 Å². The number of carbonyl (C=O) groups excluding carboxylic acids is 2. The maximum atomic E-state index is 13.7. The lowest BCUT2D eigenvalue weighted by Gasteiger charge is -2.67. The number of para-hydroxylation sites is 1. The zero-order valence-corrected chi connectivity index (χ0v) is 17.8. The number of hydrogen-bond acceptors (Lipinski definition) is 7.